The van der Waals surface area contributed by atoms with Gasteiger partial charge in [-0.05, 0) is 56.9 Å². The molecule has 150 valence electrons. The Morgan fingerprint density at radius 3 is 2.63 bits per heavy atom. The highest BCUT2D eigenvalue weighted by Gasteiger charge is 2.48. The predicted octanol–water partition coefficient (Wildman–Crippen LogP) is 2.72. The van der Waals surface area contributed by atoms with Crippen molar-refractivity contribution >= 4 is 27.3 Å². The molecule has 1 aliphatic carbocycles. The van der Waals surface area contributed by atoms with Gasteiger partial charge in [-0.3, -0.25) is 4.79 Å². The van der Waals surface area contributed by atoms with Crippen LogP contribution in [0, 0.1) is 0 Å². The highest BCUT2D eigenvalue weighted by molar-refractivity contribution is 7.89. The second kappa shape index (κ2) is 7.46. The molecule has 0 bridgehead atoms. The summed E-state index contributed by atoms with van der Waals surface area (Å²) in [6.07, 6.45) is 5.05. The van der Waals surface area contributed by atoms with Crippen LogP contribution in [0.4, 0.5) is 0 Å². The van der Waals surface area contributed by atoms with Crippen molar-refractivity contribution in [2.75, 3.05) is 25.4 Å². The summed E-state index contributed by atoms with van der Waals surface area (Å²) < 4.78 is 33.3. The van der Waals surface area contributed by atoms with E-state index in [2.05, 4.69) is 0 Å². The maximum atomic E-state index is 12.7. The van der Waals surface area contributed by atoms with Gasteiger partial charge in [0.25, 0.3) is 5.91 Å². The number of piperidine rings is 1. The molecule has 4 rings (SSSR count). The van der Waals surface area contributed by atoms with Crippen molar-refractivity contribution in [3.8, 4) is 0 Å². The monoisotopic (exact) mass is 412 g/mol. The molecule has 0 radical (unpaired) electrons. The number of likely N-dealkylation sites (tertiary alicyclic amines) is 1. The van der Waals surface area contributed by atoms with E-state index in [9.17, 15) is 13.2 Å². The highest BCUT2D eigenvalue weighted by atomic mass is 32.2. The molecule has 0 aromatic carbocycles. The normalized spacial score (nSPS) is 25.9. The Labute approximate surface area is 165 Å². The van der Waals surface area contributed by atoms with Crippen LogP contribution in [0.1, 0.15) is 55.1 Å². The van der Waals surface area contributed by atoms with Gasteiger partial charge >= 0.3 is 0 Å². The Bertz CT molecular complexity index is 766. The fourth-order valence-electron chi connectivity index (χ4n) is 4.47. The van der Waals surface area contributed by atoms with E-state index in [0.717, 1.165) is 43.4 Å². The Kier molecular flexibility index (Phi) is 5.35. The predicted molar refractivity (Wildman–Crippen MR) is 105 cm³/mol. The first kappa shape index (κ1) is 19.4. The summed E-state index contributed by atoms with van der Waals surface area (Å²) >= 11 is 1.48. The maximum absolute atomic E-state index is 12.7. The smallest absolute Gasteiger partial charge is 0.263 e. The molecular formula is C19H28N2O4S2. The number of carbonyl (C=O) groups is 1. The zero-order valence-electron chi connectivity index (χ0n) is 15.8. The highest BCUT2D eigenvalue weighted by Crippen LogP contribution is 2.41. The second-order valence-corrected chi connectivity index (χ2v) is 11.0. The number of carbonyl (C=O) groups excluding carboxylic acids is 1. The minimum atomic E-state index is -3.19. The summed E-state index contributed by atoms with van der Waals surface area (Å²) in [5.41, 5.74) is -0.286. The van der Waals surface area contributed by atoms with E-state index in [-0.39, 0.29) is 29.3 Å². The van der Waals surface area contributed by atoms with Crippen molar-refractivity contribution < 1.29 is 17.9 Å². The van der Waals surface area contributed by atoms with Crippen molar-refractivity contribution in [2.24, 2.45) is 0 Å². The molecule has 1 atom stereocenters. The van der Waals surface area contributed by atoms with E-state index in [1.165, 1.54) is 11.3 Å². The van der Waals surface area contributed by atoms with Crippen LogP contribution < -0.4 is 0 Å². The van der Waals surface area contributed by atoms with Gasteiger partial charge in [-0.25, -0.2) is 8.42 Å². The van der Waals surface area contributed by atoms with E-state index in [0.29, 0.717) is 19.7 Å². The number of ether oxygens (including phenoxy) is 1. The van der Waals surface area contributed by atoms with Gasteiger partial charge in [0.1, 0.15) is 0 Å². The molecular weight excluding hydrogens is 384 g/mol. The Morgan fingerprint density at radius 1 is 1.30 bits per heavy atom. The molecule has 1 unspecified atom stereocenters. The molecule has 2 saturated heterocycles. The fourth-order valence-corrected chi connectivity index (χ4v) is 6.76. The van der Waals surface area contributed by atoms with Crippen molar-refractivity contribution in [1.82, 2.24) is 9.21 Å². The molecule has 3 fully saturated rings. The first-order valence-electron chi connectivity index (χ1n) is 9.92. The van der Waals surface area contributed by atoms with Gasteiger partial charge < -0.3 is 9.64 Å². The molecule has 1 amide bonds. The van der Waals surface area contributed by atoms with Crippen LogP contribution in [-0.2, 0) is 14.8 Å². The van der Waals surface area contributed by atoms with Crippen molar-refractivity contribution in [3.63, 3.8) is 0 Å². The molecule has 1 saturated carbocycles. The van der Waals surface area contributed by atoms with Crippen LogP contribution in [-0.4, -0.2) is 66.7 Å². The number of sulfonamides is 1. The quantitative estimate of drug-likeness (QED) is 0.746. The summed E-state index contributed by atoms with van der Waals surface area (Å²) in [6.45, 7) is 3.68. The van der Waals surface area contributed by atoms with Crippen LogP contribution in [0.2, 0.25) is 0 Å². The van der Waals surface area contributed by atoms with Crippen LogP contribution in [0.3, 0.4) is 0 Å². The Hall–Kier alpha value is -0.960. The Balaban J connectivity index is 1.43. The lowest BCUT2D eigenvalue weighted by Crippen LogP contribution is -2.55. The third kappa shape index (κ3) is 3.95. The number of hydrogen-bond acceptors (Lipinski definition) is 5. The van der Waals surface area contributed by atoms with Gasteiger partial charge in [0.2, 0.25) is 10.0 Å². The molecule has 2 aliphatic heterocycles. The minimum Gasteiger partial charge on any atom is -0.375 e. The lowest BCUT2D eigenvalue weighted by Gasteiger charge is -2.48. The van der Waals surface area contributed by atoms with Crippen molar-refractivity contribution in [2.45, 2.75) is 63.1 Å². The molecule has 1 aromatic heterocycles. The Morgan fingerprint density at radius 2 is 2.04 bits per heavy atom. The number of hydrogen-bond donors (Lipinski definition) is 0. The number of nitrogens with zero attached hydrogens (tertiary/aromatic N) is 2. The van der Waals surface area contributed by atoms with E-state index in [1.54, 1.807) is 11.2 Å². The minimum absolute atomic E-state index is 0.0377. The van der Waals surface area contributed by atoms with E-state index >= 15 is 0 Å². The largest absolute Gasteiger partial charge is 0.375 e. The van der Waals surface area contributed by atoms with E-state index in [1.807, 2.05) is 22.4 Å². The first-order valence-corrected chi connectivity index (χ1v) is 12.4. The molecule has 6 nitrogen and oxygen atoms in total. The van der Waals surface area contributed by atoms with Gasteiger partial charge in [0.15, 0.2) is 0 Å². The van der Waals surface area contributed by atoms with Gasteiger partial charge in [-0.2, -0.15) is 4.31 Å². The van der Waals surface area contributed by atoms with Crippen LogP contribution >= 0.6 is 11.3 Å². The summed E-state index contributed by atoms with van der Waals surface area (Å²) in [5, 5.41) is 1.92. The standard InChI is InChI=1S/C19H28N2O4S2/c1-2-27(23,24)21(15-5-6-15)16-7-12-25-19(14-16)8-10-20(11-9-19)18(22)17-4-3-13-26-17/h3-4,13,15-16H,2,5-12,14H2,1H3. The van der Waals surface area contributed by atoms with Gasteiger partial charge in [-0.1, -0.05) is 6.07 Å². The van der Waals surface area contributed by atoms with Gasteiger partial charge in [-0.15, -0.1) is 11.3 Å². The van der Waals surface area contributed by atoms with Crippen LogP contribution in [0.25, 0.3) is 0 Å². The number of amides is 1. The van der Waals surface area contributed by atoms with Crippen LogP contribution in [0.15, 0.2) is 17.5 Å². The molecule has 1 aromatic rings. The molecule has 0 N–H and O–H groups in total. The SMILES string of the molecule is CCS(=O)(=O)N(C1CC1)C1CCOC2(CCN(C(=O)c3cccs3)CC2)C1. The molecule has 3 aliphatic rings. The summed E-state index contributed by atoms with van der Waals surface area (Å²) in [5.74, 6) is 0.261. The van der Waals surface area contributed by atoms with Crippen LogP contribution in [0.5, 0.6) is 0 Å². The summed E-state index contributed by atoms with van der Waals surface area (Å²) in [7, 11) is -3.19. The van der Waals surface area contributed by atoms with Gasteiger partial charge in [0, 0.05) is 31.8 Å². The van der Waals surface area contributed by atoms with Crippen molar-refractivity contribution in [1.29, 1.82) is 0 Å². The lowest BCUT2D eigenvalue weighted by molar-refractivity contribution is -0.123. The molecule has 8 heteroatoms. The second-order valence-electron chi connectivity index (χ2n) is 7.91. The number of rotatable bonds is 5. The number of thiophene rings is 1. The zero-order valence-corrected chi connectivity index (χ0v) is 17.4. The summed E-state index contributed by atoms with van der Waals surface area (Å²) in [4.78, 5) is 15.3. The lowest BCUT2D eigenvalue weighted by atomic mass is 9.82. The average molecular weight is 413 g/mol. The van der Waals surface area contributed by atoms with E-state index < -0.39 is 10.0 Å². The third-order valence-corrected chi connectivity index (χ3v) is 8.94. The molecule has 3 heterocycles. The molecule has 1 spiro atoms. The van der Waals surface area contributed by atoms with Gasteiger partial charge in [0.05, 0.1) is 16.2 Å². The zero-order chi connectivity index (χ0) is 19.1. The third-order valence-electron chi connectivity index (χ3n) is 6.11. The summed E-state index contributed by atoms with van der Waals surface area (Å²) in [6, 6.07) is 4.00. The first-order chi connectivity index (χ1) is 12.9. The maximum Gasteiger partial charge on any atom is 0.263 e. The van der Waals surface area contributed by atoms with Crippen molar-refractivity contribution in [3.05, 3.63) is 22.4 Å². The molecule has 27 heavy (non-hydrogen) atoms. The fraction of sp³-hybridized carbons (Fsp3) is 0.737. The average Bonchev–Trinajstić information content (AvgIpc) is 3.33. The van der Waals surface area contributed by atoms with E-state index in [4.69, 9.17) is 4.74 Å². The topological polar surface area (TPSA) is 66.9 Å².